The van der Waals surface area contributed by atoms with E-state index in [1.807, 2.05) is 4.90 Å². The molecule has 2 aromatic rings. The highest BCUT2D eigenvalue weighted by Crippen LogP contribution is 2.24. The minimum atomic E-state index is -0.181. The molecule has 1 aromatic carbocycles. The van der Waals surface area contributed by atoms with Crippen LogP contribution in [0.1, 0.15) is 28.8 Å². The second-order valence-corrected chi connectivity index (χ2v) is 7.80. The van der Waals surface area contributed by atoms with E-state index in [4.69, 9.17) is 0 Å². The highest BCUT2D eigenvalue weighted by atomic mass is 16.2. The molecular formula is C22H28N4O2. The second kappa shape index (κ2) is 8.19. The minimum Gasteiger partial charge on any atom is -0.369 e. The standard InChI is InChI=1S/C22H28N4O2/c1-17-5-2-3-7-20(17)25-13-11-24(12-14-25)19-6-4-10-26(16-19)22(28)18-8-9-21(27)23-15-18/h2-3,5,7-9,15,19H,4,6,10-14,16H2,1H3,(H,23,27)/t19-/m1/s1. The number of nitrogens with one attached hydrogen (secondary N) is 1. The quantitative estimate of drug-likeness (QED) is 0.886. The molecule has 4 rings (SSSR count). The molecule has 0 aliphatic carbocycles. The summed E-state index contributed by atoms with van der Waals surface area (Å²) in [6, 6.07) is 12.0. The second-order valence-electron chi connectivity index (χ2n) is 7.80. The van der Waals surface area contributed by atoms with E-state index >= 15 is 0 Å². The van der Waals surface area contributed by atoms with Crippen LogP contribution in [0.4, 0.5) is 5.69 Å². The Bertz CT molecular complexity index is 866. The van der Waals surface area contributed by atoms with Crippen molar-refractivity contribution in [1.29, 1.82) is 0 Å². The normalized spacial score (nSPS) is 21.0. The molecule has 148 valence electrons. The van der Waals surface area contributed by atoms with Gasteiger partial charge in [-0.05, 0) is 37.5 Å². The first-order chi connectivity index (χ1) is 13.6. The van der Waals surface area contributed by atoms with E-state index in [9.17, 15) is 9.59 Å². The lowest BCUT2D eigenvalue weighted by Crippen LogP contribution is -2.56. The Morgan fingerprint density at radius 3 is 2.54 bits per heavy atom. The van der Waals surface area contributed by atoms with Crippen LogP contribution in [-0.2, 0) is 0 Å². The number of para-hydroxylation sites is 1. The van der Waals surface area contributed by atoms with Gasteiger partial charge in [0.05, 0.1) is 5.56 Å². The summed E-state index contributed by atoms with van der Waals surface area (Å²) in [5, 5.41) is 0. The van der Waals surface area contributed by atoms with Crippen LogP contribution in [0.5, 0.6) is 0 Å². The van der Waals surface area contributed by atoms with E-state index in [0.717, 1.165) is 52.1 Å². The van der Waals surface area contributed by atoms with Crippen LogP contribution in [0.15, 0.2) is 47.4 Å². The van der Waals surface area contributed by atoms with Crippen molar-refractivity contribution < 1.29 is 4.79 Å². The van der Waals surface area contributed by atoms with Gasteiger partial charge < -0.3 is 14.8 Å². The molecule has 0 unspecified atom stereocenters. The number of hydrogen-bond donors (Lipinski definition) is 1. The summed E-state index contributed by atoms with van der Waals surface area (Å²) >= 11 is 0. The highest BCUT2D eigenvalue weighted by Gasteiger charge is 2.30. The molecule has 0 bridgehead atoms. The number of anilines is 1. The molecule has 6 nitrogen and oxygen atoms in total. The summed E-state index contributed by atoms with van der Waals surface area (Å²) in [6.45, 7) is 7.83. The monoisotopic (exact) mass is 380 g/mol. The highest BCUT2D eigenvalue weighted by molar-refractivity contribution is 5.93. The molecule has 28 heavy (non-hydrogen) atoms. The number of H-pyrrole nitrogens is 1. The lowest BCUT2D eigenvalue weighted by Gasteiger charge is -2.44. The minimum absolute atomic E-state index is 0.0134. The van der Waals surface area contributed by atoms with E-state index in [2.05, 4.69) is 46.0 Å². The fraction of sp³-hybridized carbons (Fsp3) is 0.455. The first kappa shape index (κ1) is 18.7. The van der Waals surface area contributed by atoms with Gasteiger partial charge >= 0.3 is 0 Å². The van der Waals surface area contributed by atoms with Gasteiger partial charge in [0.1, 0.15) is 0 Å². The molecule has 6 heteroatoms. The Hall–Kier alpha value is -2.60. The maximum absolute atomic E-state index is 12.8. The number of carbonyl (C=O) groups is 1. The number of hydrogen-bond acceptors (Lipinski definition) is 4. The number of piperazine rings is 1. The maximum atomic E-state index is 12.8. The third-order valence-electron chi connectivity index (χ3n) is 6.00. The van der Waals surface area contributed by atoms with Crippen molar-refractivity contribution in [2.75, 3.05) is 44.2 Å². The third-order valence-corrected chi connectivity index (χ3v) is 6.00. The average Bonchev–Trinajstić information content (AvgIpc) is 2.74. The van der Waals surface area contributed by atoms with Crippen LogP contribution in [-0.4, -0.2) is 66.0 Å². The topological polar surface area (TPSA) is 59.6 Å². The number of nitrogens with zero attached hydrogens (tertiary/aromatic N) is 3. The zero-order valence-corrected chi connectivity index (χ0v) is 16.4. The molecule has 1 atom stereocenters. The molecule has 0 radical (unpaired) electrons. The third kappa shape index (κ3) is 3.97. The van der Waals surface area contributed by atoms with Crippen LogP contribution in [0.3, 0.4) is 0 Å². The zero-order valence-electron chi connectivity index (χ0n) is 16.4. The van der Waals surface area contributed by atoms with Crippen molar-refractivity contribution in [3.63, 3.8) is 0 Å². The lowest BCUT2D eigenvalue weighted by atomic mass is 10.0. The number of rotatable bonds is 3. The molecule has 1 N–H and O–H groups in total. The molecular weight excluding hydrogens is 352 g/mol. The van der Waals surface area contributed by atoms with Crippen LogP contribution >= 0.6 is 0 Å². The van der Waals surface area contributed by atoms with E-state index in [-0.39, 0.29) is 11.5 Å². The summed E-state index contributed by atoms with van der Waals surface area (Å²) in [4.78, 5) is 33.6. The summed E-state index contributed by atoms with van der Waals surface area (Å²) in [5.41, 5.74) is 3.04. The Morgan fingerprint density at radius 1 is 1.04 bits per heavy atom. The van der Waals surface area contributed by atoms with Crippen LogP contribution in [0.25, 0.3) is 0 Å². The molecule has 2 fully saturated rings. The van der Waals surface area contributed by atoms with Gasteiger partial charge in [-0.1, -0.05) is 18.2 Å². The average molecular weight is 380 g/mol. The summed E-state index contributed by atoms with van der Waals surface area (Å²) in [7, 11) is 0. The molecule has 0 spiro atoms. The Balaban J connectivity index is 1.36. The van der Waals surface area contributed by atoms with Crippen LogP contribution < -0.4 is 10.5 Å². The predicted octanol–water partition coefficient (Wildman–Crippen LogP) is 2.11. The van der Waals surface area contributed by atoms with Crippen LogP contribution in [0.2, 0.25) is 0 Å². The van der Waals surface area contributed by atoms with E-state index in [0.29, 0.717) is 11.6 Å². The SMILES string of the molecule is Cc1ccccc1N1CCN([C@@H]2CCCN(C(=O)c3ccc(=O)[nH]c3)C2)CC1. The number of likely N-dealkylation sites (tertiary alicyclic amines) is 1. The van der Waals surface area contributed by atoms with Crippen molar-refractivity contribution in [2.45, 2.75) is 25.8 Å². The molecule has 2 aliphatic rings. The number of piperidine rings is 1. The number of pyridine rings is 1. The van der Waals surface area contributed by atoms with Gasteiger partial charge in [-0.2, -0.15) is 0 Å². The molecule has 1 amide bonds. The fourth-order valence-corrected chi connectivity index (χ4v) is 4.41. The van der Waals surface area contributed by atoms with Crippen molar-refractivity contribution >= 4 is 11.6 Å². The van der Waals surface area contributed by atoms with Gasteiger partial charge in [0, 0.05) is 63.3 Å². The number of benzene rings is 1. The maximum Gasteiger partial charge on any atom is 0.255 e. The van der Waals surface area contributed by atoms with Gasteiger partial charge in [-0.25, -0.2) is 0 Å². The molecule has 2 saturated heterocycles. The number of aryl methyl sites for hydroxylation is 1. The Morgan fingerprint density at radius 2 is 1.82 bits per heavy atom. The first-order valence-electron chi connectivity index (χ1n) is 10.1. The van der Waals surface area contributed by atoms with Gasteiger partial charge in [-0.3, -0.25) is 14.5 Å². The van der Waals surface area contributed by atoms with Gasteiger partial charge in [0.15, 0.2) is 0 Å². The van der Waals surface area contributed by atoms with E-state index in [1.165, 1.54) is 23.5 Å². The van der Waals surface area contributed by atoms with E-state index in [1.54, 1.807) is 6.07 Å². The summed E-state index contributed by atoms with van der Waals surface area (Å²) < 4.78 is 0. The van der Waals surface area contributed by atoms with Crippen molar-refractivity contribution in [2.24, 2.45) is 0 Å². The summed E-state index contributed by atoms with van der Waals surface area (Å²) in [6.07, 6.45) is 3.69. The van der Waals surface area contributed by atoms with Crippen molar-refractivity contribution in [3.05, 3.63) is 64.1 Å². The number of amides is 1. The number of aromatic amines is 1. The number of aromatic nitrogens is 1. The smallest absolute Gasteiger partial charge is 0.255 e. The molecule has 2 aliphatic heterocycles. The largest absolute Gasteiger partial charge is 0.369 e. The molecule has 3 heterocycles. The fourth-order valence-electron chi connectivity index (χ4n) is 4.41. The predicted molar refractivity (Wildman–Crippen MR) is 111 cm³/mol. The van der Waals surface area contributed by atoms with Crippen molar-refractivity contribution in [3.8, 4) is 0 Å². The van der Waals surface area contributed by atoms with Gasteiger partial charge in [0.2, 0.25) is 5.56 Å². The van der Waals surface area contributed by atoms with Gasteiger partial charge in [0.25, 0.3) is 5.91 Å². The molecule has 0 saturated carbocycles. The summed E-state index contributed by atoms with van der Waals surface area (Å²) in [5.74, 6) is 0.0134. The molecule has 1 aromatic heterocycles. The number of carbonyl (C=O) groups excluding carboxylic acids is 1. The Labute approximate surface area is 165 Å². The van der Waals surface area contributed by atoms with Gasteiger partial charge in [-0.15, -0.1) is 0 Å². The van der Waals surface area contributed by atoms with Crippen LogP contribution in [0, 0.1) is 6.92 Å². The zero-order chi connectivity index (χ0) is 19.5. The first-order valence-corrected chi connectivity index (χ1v) is 10.1. The Kier molecular flexibility index (Phi) is 5.48. The lowest BCUT2D eigenvalue weighted by molar-refractivity contribution is 0.0563. The van der Waals surface area contributed by atoms with Crippen molar-refractivity contribution in [1.82, 2.24) is 14.8 Å². The van der Waals surface area contributed by atoms with E-state index < -0.39 is 0 Å².